The summed E-state index contributed by atoms with van der Waals surface area (Å²) in [6, 6.07) is 0. The predicted octanol–water partition coefficient (Wildman–Crippen LogP) is 5.23. The second-order valence-electron chi connectivity index (χ2n) is 6.68. The lowest BCUT2D eigenvalue weighted by Gasteiger charge is -2.41. The largest absolute Gasteiger partial charge is 0.313 e. The van der Waals surface area contributed by atoms with E-state index in [9.17, 15) is 22.4 Å². The third-order valence-corrected chi connectivity index (χ3v) is 5.44. The van der Waals surface area contributed by atoms with Crippen LogP contribution in [0.3, 0.4) is 0 Å². The highest BCUT2D eigenvalue weighted by Crippen LogP contribution is 2.52. The molecule has 0 amide bonds. The normalized spacial score (nSPS) is 29.7. The number of carbonyl (C=O) groups is 1. The molecule has 5 heteroatoms. The van der Waals surface area contributed by atoms with Gasteiger partial charge in [-0.1, -0.05) is 13.3 Å². The van der Waals surface area contributed by atoms with E-state index in [1.54, 1.807) is 0 Å². The molecule has 122 valence electrons. The molecule has 0 aromatic heterocycles. The average Bonchev–Trinajstić information content (AvgIpc) is 2.47. The Bertz CT molecular complexity index is 362. The molecular weight excluding hydrogens is 284 g/mol. The monoisotopic (exact) mass is 308 g/mol. The van der Waals surface area contributed by atoms with E-state index in [1.165, 1.54) is 0 Å². The standard InChI is InChI=1S/C16H24F4O/c1-2-11-3-5-12(6-4-11)15(17,18)16(19,20)13-7-9-14(21)10-8-13/h11-13H,2-10H2,1H3. The Balaban J connectivity index is 2.04. The highest BCUT2D eigenvalue weighted by atomic mass is 19.3. The maximum absolute atomic E-state index is 14.4. The molecule has 2 saturated carbocycles. The van der Waals surface area contributed by atoms with Crippen LogP contribution in [0.15, 0.2) is 0 Å². The maximum Gasteiger partial charge on any atom is 0.313 e. The fourth-order valence-corrected chi connectivity index (χ4v) is 3.78. The van der Waals surface area contributed by atoms with E-state index < -0.39 is 23.7 Å². The summed E-state index contributed by atoms with van der Waals surface area (Å²) in [5.74, 6) is -10.2. The van der Waals surface area contributed by atoms with E-state index in [2.05, 4.69) is 0 Å². The van der Waals surface area contributed by atoms with E-state index >= 15 is 0 Å². The van der Waals surface area contributed by atoms with Crippen LogP contribution in [0, 0.1) is 17.8 Å². The molecule has 1 nitrogen and oxygen atoms in total. The van der Waals surface area contributed by atoms with Crippen LogP contribution in [-0.2, 0) is 4.79 Å². The van der Waals surface area contributed by atoms with Gasteiger partial charge in [-0.05, 0) is 44.4 Å². The lowest BCUT2D eigenvalue weighted by atomic mass is 9.72. The first kappa shape index (κ1) is 16.8. The van der Waals surface area contributed by atoms with Gasteiger partial charge < -0.3 is 0 Å². The summed E-state index contributed by atoms with van der Waals surface area (Å²) in [7, 11) is 0. The van der Waals surface area contributed by atoms with E-state index in [4.69, 9.17) is 0 Å². The summed E-state index contributed by atoms with van der Waals surface area (Å²) in [5, 5.41) is 0. The average molecular weight is 308 g/mol. The molecule has 0 radical (unpaired) electrons. The third-order valence-electron chi connectivity index (χ3n) is 5.44. The highest BCUT2D eigenvalue weighted by molar-refractivity contribution is 5.79. The van der Waals surface area contributed by atoms with Gasteiger partial charge in [-0.25, -0.2) is 0 Å². The van der Waals surface area contributed by atoms with Crippen LogP contribution in [0.25, 0.3) is 0 Å². The molecule has 2 fully saturated rings. The molecule has 0 saturated heterocycles. The van der Waals surface area contributed by atoms with Crippen molar-refractivity contribution in [2.24, 2.45) is 17.8 Å². The van der Waals surface area contributed by atoms with Crippen molar-refractivity contribution >= 4 is 5.78 Å². The Kier molecular flexibility index (Phi) is 4.99. The fourth-order valence-electron chi connectivity index (χ4n) is 3.78. The van der Waals surface area contributed by atoms with Gasteiger partial charge in [-0.2, -0.15) is 17.6 Å². The number of hydrogen-bond donors (Lipinski definition) is 0. The first-order chi connectivity index (χ1) is 9.79. The molecule has 2 rings (SSSR count). The van der Waals surface area contributed by atoms with E-state index in [0.29, 0.717) is 18.8 Å². The van der Waals surface area contributed by atoms with Gasteiger partial charge in [-0.15, -0.1) is 0 Å². The smallest absolute Gasteiger partial charge is 0.300 e. The number of halogens is 4. The zero-order valence-electron chi connectivity index (χ0n) is 12.5. The topological polar surface area (TPSA) is 17.1 Å². The van der Waals surface area contributed by atoms with Crippen molar-refractivity contribution in [1.29, 1.82) is 0 Å². The van der Waals surface area contributed by atoms with Crippen molar-refractivity contribution in [2.45, 2.75) is 76.6 Å². The quantitative estimate of drug-likeness (QED) is 0.650. The highest BCUT2D eigenvalue weighted by Gasteiger charge is 2.64. The summed E-state index contributed by atoms with van der Waals surface area (Å²) >= 11 is 0. The summed E-state index contributed by atoms with van der Waals surface area (Å²) in [6.45, 7) is 2.01. The van der Waals surface area contributed by atoms with Crippen LogP contribution in [0.2, 0.25) is 0 Å². The second kappa shape index (κ2) is 6.25. The minimum Gasteiger partial charge on any atom is -0.300 e. The van der Waals surface area contributed by atoms with E-state index in [0.717, 1.165) is 6.42 Å². The van der Waals surface area contributed by atoms with Gasteiger partial charge in [0.1, 0.15) is 5.78 Å². The van der Waals surface area contributed by atoms with Crippen molar-refractivity contribution in [2.75, 3.05) is 0 Å². The Hall–Kier alpha value is -0.610. The van der Waals surface area contributed by atoms with Crippen molar-refractivity contribution in [1.82, 2.24) is 0 Å². The minimum atomic E-state index is -3.99. The molecule has 0 aromatic rings. The number of ketones is 1. The molecule has 2 aliphatic rings. The zero-order valence-corrected chi connectivity index (χ0v) is 12.5. The van der Waals surface area contributed by atoms with Crippen LogP contribution < -0.4 is 0 Å². The van der Waals surface area contributed by atoms with Gasteiger partial charge in [-0.3, -0.25) is 4.79 Å². The second-order valence-corrected chi connectivity index (χ2v) is 6.68. The Morgan fingerprint density at radius 2 is 1.29 bits per heavy atom. The molecule has 0 aromatic carbocycles. The number of rotatable bonds is 4. The van der Waals surface area contributed by atoms with E-state index in [-0.39, 0.29) is 44.3 Å². The minimum absolute atomic E-state index is 0.0128. The Labute approximate surface area is 123 Å². The number of alkyl halides is 4. The van der Waals surface area contributed by atoms with Gasteiger partial charge in [0.05, 0.1) is 0 Å². The fraction of sp³-hybridized carbons (Fsp3) is 0.938. The first-order valence-corrected chi connectivity index (χ1v) is 8.06. The molecule has 0 unspecified atom stereocenters. The molecule has 0 bridgehead atoms. The van der Waals surface area contributed by atoms with Crippen molar-refractivity contribution in [3.8, 4) is 0 Å². The van der Waals surface area contributed by atoms with Crippen molar-refractivity contribution in [3.05, 3.63) is 0 Å². The zero-order chi connectivity index (χ0) is 15.7. The molecule has 0 atom stereocenters. The first-order valence-electron chi connectivity index (χ1n) is 8.06. The van der Waals surface area contributed by atoms with Crippen LogP contribution in [0.4, 0.5) is 17.6 Å². The predicted molar refractivity (Wildman–Crippen MR) is 72.6 cm³/mol. The van der Waals surface area contributed by atoms with Crippen LogP contribution >= 0.6 is 0 Å². The Morgan fingerprint density at radius 3 is 1.71 bits per heavy atom. The van der Waals surface area contributed by atoms with Crippen LogP contribution in [0.5, 0.6) is 0 Å². The van der Waals surface area contributed by atoms with Gasteiger partial charge in [0, 0.05) is 24.7 Å². The molecule has 0 N–H and O–H groups in total. The van der Waals surface area contributed by atoms with Gasteiger partial charge in [0.25, 0.3) is 0 Å². The molecule has 0 heterocycles. The third kappa shape index (κ3) is 3.26. The number of carbonyl (C=O) groups excluding carboxylic acids is 1. The van der Waals surface area contributed by atoms with Crippen LogP contribution in [0.1, 0.15) is 64.7 Å². The maximum atomic E-state index is 14.4. The van der Waals surface area contributed by atoms with Gasteiger partial charge >= 0.3 is 11.8 Å². The molecule has 0 aliphatic heterocycles. The molecule has 21 heavy (non-hydrogen) atoms. The molecule has 0 spiro atoms. The lowest BCUT2D eigenvalue weighted by Crippen LogP contribution is -2.52. The van der Waals surface area contributed by atoms with E-state index in [1.807, 2.05) is 6.92 Å². The van der Waals surface area contributed by atoms with Gasteiger partial charge in [0.15, 0.2) is 0 Å². The lowest BCUT2D eigenvalue weighted by molar-refractivity contribution is -0.268. The summed E-state index contributed by atoms with van der Waals surface area (Å²) in [5.41, 5.74) is 0. The van der Waals surface area contributed by atoms with Crippen LogP contribution in [-0.4, -0.2) is 17.6 Å². The van der Waals surface area contributed by atoms with Gasteiger partial charge in [0.2, 0.25) is 0 Å². The summed E-state index contributed by atoms with van der Waals surface area (Å²) < 4.78 is 57.4. The molecular formula is C16H24F4O. The summed E-state index contributed by atoms with van der Waals surface area (Å²) in [4.78, 5) is 11.1. The molecule has 2 aliphatic carbocycles. The summed E-state index contributed by atoms with van der Waals surface area (Å²) in [6.07, 6.45) is 2.36. The van der Waals surface area contributed by atoms with Crippen molar-refractivity contribution in [3.63, 3.8) is 0 Å². The SMILES string of the molecule is CCC1CCC(C(F)(F)C(F)(F)C2CCC(=O)CC2)CC1. The van der Waals surface area contributed by atoms with Crippen molar-refractivity contribution < 1.29 is 22.4 Å². The number of hydrogen-bond acceptors (Lipinski definition) is 1. The Morgan fingerprint density at radius 1 is 0.857 bits per heavy atom. The number of Topliss-reactive ketones (excluding diaryl/α,β-unsaturated/α-hetero) is 1.